The third-order valence-electron chi connectivity index (χ3n) is 1.51. The molecule has 78 valence electrons. The van der Waals surface area contributed by atoms with Gasteiger partial charge in [0.1, 0.15) is 6.04 Å². The minimum Gasteiger partial charge on any atom is -0.383 e. The Bertz CT molecular complexity index is 144. The molecule has 13 heavy (non-hydrogen) atoms. The van der Waals surface area contributed by atoms with Gasteiger partial charge in [0, 0.05) is 13.7 Å². The molecular formula is C8H18N2O2S. The molecular weight excluding hydrogens is 188 g/mol. The van der Waals surface area contributed by atoms with Crippen LogP contribution in [0.5, 0.6) is 0 Å². The Morgan fingerprint density at radius 3 is 2.92 bits per heavy atom. The van der Waals surface area contributed by atoms with Crippen LogP contribution in [0.4, 0.5) is 0 Å². The van der Waals surface area contributed by atoms with Crippen molar-refractivity contribution in [2.45, 2.75) is 12.5 Å². The second-order valence-electron chi connectivity index (χ2n) is 2.70. The smallest absolute Gasteiger partial charge is 0.239 e. The maximum absolute atomic E-state index is 11.2. The lowest BCUT2D eigenvalue weighted by atomic mass is 10.3. The van der Waals surface area contributed by atoms with E-state index in [2.05, 4.69) is 5.32 Å². The average molecular weight is 206 g/mol. The third kappa shape index (κ3) is 6.86. The topological polar surface area (TPSA) is 64.3 Å². The van der Waals surface area contributed by atoms with Crippen LogP contribution in [-0.2, 0) is 9.53 Å². The SMILES string of the molecule is COCC(N)C(=O)NCCCSC. The van der Waals surface area contributed by atoms with Crippen molar-refractivity contribution in [3.8, 4) is 0 Å². The summed E-state index contributed by atoms with van der Waals surface area (Å²) in [5.41, 5.74) is 5.50. The number of thioether (sulfide) groups is 1. The molecule has 0 bridgehead atoms. The molecule has 0 saturated heterocycles. The van der Waals surface area contributed by atoms with Gasteiger partial charge in [-0.25, -0.2) is 0 Å². The molecule has 1 atom stereocenters. The molecule has 0 aliphatic rings. The van der Waals surface area contributed by atoms with Crippen LogP contribution in [-0.4, -0.2) is 44.2 Å². The molecule has 0 spiro atoms. The largest absolute Gasteiger partial charge is 0.383 e. The number of nitrogens with one attached hydrogen (secondary N) is 1. The van der Waals surface area contributed by atoms with Gasteiger partial charge in [-0.05, 0) is 18.4 Å². The van der Waals surface area contributed by atoms with E-state index in [0.29, 0.717) is 6.54 Å². The summed E-state index contributed by atoms with van der Waals surface area (Å²) >= 11 is 1.76. The second-order valence-corrected chi connectivity index (χ2v) is 3.68. The highest BCUT2D eigenvalue weighted by Crippen LogP contribution is 1.93. The van der Waals surface area contributed by atoms with Gasteiger partial charge in [-0.3, -0.25) is 4.79 Å². The minimum absolute atomic E-state index is 0.136. The first-order valence-corrected chi connectivity index (χ1v) is 5.63. The molecule has 3 N–H and O–H groups in total. The van der Waals surface area contributed by atoms with Crippen LogP contribution < -0.4 is 11.1 Å². The van der Waals surface area contributed by atoms with Crippen molar-refractivity contribution in [3.63, 3.8) is 0 Å². The number of amides is 1. The maximum Gasteiger partial charge on any atom is 0.239 e. The molecule has 0 radical (unpaired) electrons. The summed E-state index contributed by atoms with van der Waals surface area (Å²) in [7, 11) is 1.53. The number of ether oxygens (including phenoxy) is 1. The summed E-state index contributed by atoms with van der Waals surface area (Å²) in [4.78, 5) is 11.2. The van der Waals surface area contributed by atoms with Crippen molar-refractivity contribution in [1.82, 2.24) is 5.32 Å². The van der Waals surface area contributed by atoms with E-state index in [9.17, 15) is 4.79 Å². The number of nitrogens with two attached hydrogens (primary N) is 1. The van der Waals surface area contributed by atoms with Crippen molar-refractivity contribution in [2.24, 2.45) is 5.73 Å². The number of hydrogen-bond acceptors (Lipinski definition) is 4. The molecule has 0 fully saturated rings. The van der Waals surface area contributed by atoms with Crippen molar-refractivity contribution in [3.05, 3.63) is 0 Å². The van der Waals surface area contributed by atoms with Gasteiger partial charge in [-0.1, -0.05) is 0 Å². The molecule has 0 aromatic rings. The molecule has 0 rings (SSSR count). The molecule has 0 saturated carbocycles. The molecule has 0 aliphatic carbocycles. The van der Waals surface area contributed by atoms with Crippen LogP contribution in [0.15, 0.2) is 0 Å². The van der Waals surface area contributed by atoms with Crippen LogP contribution in [0.2, 0.25) is 0 Å². The van der Waals surface area contributed by atoms with Gasteiger partial charge in [0.05, 0.1) is 6.61 Å². The molecule has 5 heteroatoms. The predicted molar refractivity (Wildman–Crippen MR) is 55.9 cm³/mol. The van der Waals surface area contributed by atoms with Crippen molar-refractivity contribution in [1.29, 1.82) is 0 Å². The highest BCUT2D eigenvalue weighted by atomic mass is 32.2. The Hall–Kier alpha value is -0.260. The Morgan fingerprint density at radius 2 is 2.38 bits per heavy atom. The van der Waals surface area contributed by atoms with Crippen LogP contribution in [0.3, 0.4) is 0 Å². The standard InChI is InChI=1S/C8H18N2O2S/c1-12-6-7(9)8(11)10-4-3-5-13-2/h7H,3-6,9H2,1-2H3,(H,10,11). The Labute approximate surface area is 83.6 Å². The second kappa shape index (κ2) is 8.34. The van der Waals surface area contributed by atoms with Crippen molar-refractivity contribution < 1.29 is 9.53 Å². The minimum atomic E-state index is -0.542. The highest BCUT2D eigenvalue weighted by molar-refractivity contribution is 7.98. The lowest BCUT2D eigenvalue weighted by Gasteiger charge is -2.10. The zero-order chi connectivity index (χ0) is 10.1. The normalized spacial score (nSPS) is 12.5. The molecule has 0 aromatic carbocycles. The van der Waals surface area contributed by atoms with E-state index >= 15 is 0 Å². The van der Waals surface area contributed by atoms with Crippen LogP contribution in [0.1, 0.15) is 6.42 Å². The van der Waals surface area contributed by atoms with Gasteiger partial charge in [0.15, 0.2) is 0 Å². The van der Waals surface area contributed by atoms with Crippen molar-refractivity contribution in [2.75, 3.05) is 32.3 Å². The zero-order valence-corrected chi connectivity index (χ0v) is 9.02. The van der Waals surface area contributed by atoms with E-state index in [0.717, 1.165) is 12.2 Å². The molecule has 0 heterocycles. The van der Waals surface area contributed by atoms with E-state index in [1.54, 1.807) is 11.8 Å². The Balaban J connectivity index is 3.38. The van der Waals surface area contributed by atoms with E-state index in [1.165, 1.54) is 7.11 Å². The fraction of sp³-hybridized carbons (Fsp3) is 0.875. The van der Waals surface area contributed by atoms with E-state index in [-0.39, 0.29) is 12.5 Å². The summed E-state index contributed by atoms with van der Waals surface area (Å²) in [6, 6.07) is -0.542. The van der Waals surface area contributed by atoms with Gasteiger partial charge >= 0.3 is 0 Å². The Kier molecular flexibility index (Phi) is 8.18. The maximum atomic E-state index is 11.2. The van der Waals surface area contributed by atoms with Gasteiger partial charge < -0.3 is 15.8 Å². The van der Waals surface area contributed by atoms with E-state index in [4.69, 9.17) is 10.5 Å². The van der Waals surface area contributed by atoms with Crippen molar-refractivity contribution >= 4 is 17.7 Å². The number of carbonyl (C=O) groups is 1. The molecule has 0 aromatic heterocycles. The monoisotopic (exact) mass is 206 g/mol. The number of carbonyl (C=O) groups excluding carboxylic acids is 1. The predicted octanol–water partition coefficient (Wildman–Crippen LogP) is -0.171. The summed E-state index contributed by atoms with van der Waals surface area (Å²) in [6.45, 7) is 0.964. The quantitative estimate of drug-likeness (QED) is 0.568. The van der Waals surface area contributed by atoms with Gasteiger partial charge in [0.25, 0.3) is 0 Å². The van der Waals surface area contributed by atoms with Crippen LogP contribution in [0.25, 0.3) is 0 Å². The molecule has 4 nitrogen and oxygen atoms in total. The summed E-state index contributed by atoms with van der Waals surface area (Å²) in [6.07, 6.45) is 3.02. The summed E-state index contributed by atoms with van der Waals surface area (Å²) in [5.74, 6) is 0.919. The average Bonchev–Trinajstić information content (AvgIpc) is 2.12. The first-order valence-electron chi connectivity index (χ1n) is 4.23. The lowest BCUT2D eigenvalue weighted by Crippen LogP contribution is -2.43. The van der Waals surface area contributed by atoms with E-state index in [1.807, 2.05) is 6.26 Å². The summed E-state index contributed by atoms with van der Waals surface area (Å²) < 4.78 is 4.76. The van der Waals surface area contributed by atoms with E-state index < -0.39 is 6.04 Å². The Morgan fingerprint density at radius 1 is 1.69 bits per heavy atom. The van der Waals surface area contributed by atoms with Gasteiger partial charge in [-0.2, -0.15) is 11.8 Å². The summed E-state index contributed by atoms with van der Waals surface area (Å²) in [5, 5.41) is 2.74. The highest BCUT2D eigenvalue weighted by Gasteiger charge is 2.11. The fourth-order valence-electron chi connectivity index (χ4n) is 0.814. The van der Waals surface area contributed by atoms with Gasteiger partial charge in [-0.15, -0.1) is 0 Å². The number of methoxy groups -OCH3 is 1. The zero-order valence-electron chi connectivity index (χ0n) is 8.21. The lowest BCUT2D eigenvalue weighted by molar-refractivity contribution is -0.123. The van der Waals surface area contributed by atoms with Gasteiger partial charge in [0.2, 0.25) is 5.91 Å². The third-order valence-corrected chi connectivity index (χ3v) is 2.20. The molecule has 1 unspecified atom stereocenters. The first kappa shape index (κ1) is 12.7. The first-order chi connectivity index (χ1) is 6.22. The van der Waals surface area contributed by atoms with Crippen LogP contribution >= 0.6 is 11.8 Å². The molecule has 0 aliphatic heterocycles. The number of hydrogen-bond donors (Lipinski definition) is 2. The molecule has 1 amide bonds. The number of rotatable bonds is 7. The fourth-order valence-corrected chi connectivity index (χ4v) is 1.25. The van der Waals surface area contributed by atoms with Crippen LogP contribution in [0, 0.1) is 0 Å².